The Labute approximate surface area is 180 Å². The van der Waals surface area contributed by atoms with Crippen molar-refractivity contribution in [3.05, 3.63) is 75.8 Å². The van der Waals surface area contributed by atoms with Gasteiger partial charge in [-0.15, -0.1) is 10.2 Å². The van der Waals surface area contributed by atoms with Gasteiger partial charge in [0.15, 0.2) is 5.82 Å². The number of hydrogen-bond acceptors (Lipinski definition) is 6. The van der Waals surface area contributed by atoms with Crippen molar-refractivity contribution in [2.75, 3.05) is 23.3 Å². The van der Waals surface area contributed by atoms with Crippen LogP contribution in [0.3, 0.4) is 0 Å². The standard InChI is InChI=1S/C23H23N5O3/c1-16-15-18(7-11-21(16)28(30)31)23(29)24-19-8-5-17(6-9-19)20-10-12-22(26-25-20)27-13-3-2-4-14-27/h5-12,15H,2-4,13-14H2,1H3,(H,24,29). The maximum absolute atomic E-state index is 12.5. The average Bonchev–Trinajstić information content (AvgIpc) is 2.80. The number of anilines is 2. The maximum atomic E-state index is 12.5. The normalized spacial score (nSPS) is 13.6. The van der Waals surface area contributed by atoms with Gasteiger partial charge in [-0.3, -0.25) is 14.9 Å². The molecule has 2 heterocycles. The summed E-state index contributed by atoms with van der Waals surface area (Å²) >= 11 is 0. The molecule has 1 aliphatic rings. The first kappa shape index (κ1) is 20.5. The van der Waals surface area contributed by atoms with Crippen LogP contribution in [0, 0.1) is 17.0 Å². The van der Waals surface area contributed by atoms with Crippen LogP contribution in [0.4, 0.5) is 17.2 Å². The Kier molecular flexibility index (Phi) is 5.88. The molecule has 2 aromatic carbocycles. The highest BCUT2D eigenvalue weighted by Crippen LogP contribution is 2.23. The molecular formula is C23H23N5O3. The Hall–Kier alpha value is -3.81. The zero-order chi connectivity index (χ0) is 21.8. The smallest absolute Gasteiger partial charge is 0.272 e. The zero-order valence-corrected chi connectivity index (χ0v) is 17.2. The third kappa shape index (κ3) is 4.69. The van der Waals surface area contributed by atoms with E-state index in [2.05, 4.69) is 20.4 Å². The van der Waals surface area contributed by atoms with Crippen LogP contribution in [0.5, 0.6) is 0 Å². The molecule has 0 radical (unpaired) electrons. The van der Waals surface area contributed by atoms with Gasteiger partial charge in [-0.1, -0.05) is 12.1 Å². The molecule has 0 saturated carbocycles. The summed E-state index contributed by atoms with van der Waals surface area (Å²) in [5, 5.41) is 22.5. The molecule has 8 nitrogen and oxygen atoms in total. The molecule has 0 spiro atoms. The highest BCUT2D eigenvalue weighted by atomic mass is 16.6. The summed E-state index contributed by atoms with van der Waals surface area (Å²) in [7, 11) is 0. The number of rotatable bonds is 5. The van der Waals surface area contributed by atoms with Crippen LogP contribution in [0.2, 0.25) is 0 Å². The van der Waals surface area contributed by atoms with E-state index < -0.39 is 4.92 Å². The third-order valence-corrected chi connectivity index (χ3v) is 5.42. The lowest BCUT2D eigenvalue weighted by atomic mass is 10.1. The van der Waals surface area contributed by atoms with Crippen LogP contribution in [-0.2, 0) is 0 Å². The lowest BCUT2D eigenvalue weighted by molar-refractivity contribution is -0.385. The van der Waals surface area contributed by atoms with Gasteiger partial charge >= 0.3 is 0 Å². The van der Waals surface area contributed by atoms with E-state index in [0.717, 1.165) is 30.2 Å². The fourth-order valence-electron chi connectivity index (χ4n) is 3.70. The second-order valence-electron chi connectivity index (χ2n) is 7.61. The number of carbonyl (C=O) groups excluding carboxylic acids is 1. The number of amides is 1. The number of piperidine rings is 1. The van der Waals surface area contributed by atoms with Crippen LogP contribution < -0.4 is 10.2 Å². The third-order valence-electron chi connectivity index (χ3n) is 5.42. The second-order valence-corrected chi connectivity index (χ2v) is 7.61. The number of nitro groups is 1. The van der Waals surface area contributed by atoms with Crippen LogP contribution in [0.1, 0.15) is 35.2 Å². The lowest BCUT2D eigenvalue weighted by Gasteiger charge is -2.27. The molecule has 1 saturated heterocycles. The molecule has 158 valence electrons. The predicted molar refractivity (Wildman–Crippen MR) is 119 cm³/mol. The summed E-state index contributed by atoms with van der Waals surface area (Å²) in [4.78, 5) is 25.2. The fraction of sp³-hybridized carbons (Fsp3) is 0.261. The summed E-state index contributed by atoms with van der Waals surface area (Å²) < 4.78 is 0. The van der Waals surface area contributed by atoms with Gasteiger partial charge < -0.3 is 10.2 Å². The number of nitro benzene ring substituents is 1. The van der Waals surface area contributed by atoms with Gasteiger partial charge in [-0.25, -0.2) is 0 Å². The summed E-state index contributed by atoms with van der Waals surface area (Å²) in [5.41, 5.74) is 3.10. The maximum Gasteiger partial charge on any atom is 0.272 e. The van der Waals surface area contributed by atoms with Crippen molar-refractivity contribution in [3.8, 4) is 11.3 Å². The number of nitrogens with one attached hydrogen (secondary N) is 1. The average molecular weight is 417 g/mol. The number of nitrogens with zero attached hydrogens (tertiary/aromatic N) is 4. The Morgan fingerprint density at radius 1 is 1.00 bits per heavy atom. The first-order valence-corrected chi connectivity index (χ1v) is 10.3. The summed E-state index contributed by atoms with van der Waals surface area (Å²) in [5.74, 6) is 0.585. The largest absolute Gasteiger partial charge is 0.355 e. The molecule has 4 rings (SSSR count). The van der Waals surface area contributed by atoms with E-state index in [1.807, 2.05) is 24.3 Å². The molecule has 0 atom stereocenters. The van der Waals surface area contributed by atoms with Crippen molar-refractivity contribution >= 4 is 23.1 Å². The Bertz CT molecular complexity index is 1090. The minimum absolute atomic E-state index is 0.00619. The van der Waals surface area contributed by atoms with E-state index in [9.17, 15) is 14.9 Å². The molecule has 1 fully saturated rings. The molecule has 1 aliphatic heterocycles. The zero-order valence-electron chi connectivity index (χ0n) is 17.2. The van der Waals surface area contributed by atoms with Crippen LogP contribution >= 0.6 is 0 Å². The highest BCUT2D eigenvalue weighted by Gasteiger charge is 2.15. The Balaban J connectivity index is 1.42. The van der Waals surface area contributed by atoms with Gasteiger partial charge in [-0.2, -0.15) is 0 Å². The highest BCUT2D eigenvalue weighted by molar-refractivity contribution is 6.04. The van der Waals surface area contributed by atoms with Crippen molar-refractivity contribution < 1.29 is 9.72 Å². The minimum atomic E-state index is -0.461. The summed E-state index contributed by atoms with van der Waals surface area (Å²) in [6.45, 7) is 3.66. The SMILES string of the molecule is Cc1cc(C(=O)Nc2ccc(-c3ccc(N4CCCCC4)nn3)cc2)ccc1[N+](=O)[O-]. The van der Waals surface area contributed by atoms with Crippen LogP contribution in [-0.4, -0.2) is 34.1 Å². The number of aryl methyl sites for hydroxylation is 1. The van der Waals surface area contributed by atoms with Gasteiger partial charge in [0.05, 0.1) is 10.6 Å². The van der Waals surface area contributed by atoms with E-state index in [0.29, 0.717) is 16.8 Å². The van der Waals surface area contributed by atoms with Gasteiger partial charge in [0.2, 0.25) is 0 Å². The molecule has 0 bridgehead atoms. The minimum Gasteiger partial charge on any atom is -0.355 e. The predicted octanol–water partition coefficient (Wildman–Crippen LogP) is 4.60. The molecule has 1 amide bonds. The lowest BCUT2D eigenvalue weighted by Crippen LogP contribution is -2.30. The Morgan fingerprint density at radius 3 is 2.35 bits per heavy atom. The number of aromatic nitrogens is 2. The van der Waals surface area contributed by atoms with Crippen molar-refractivity contribution in [3.63, 3.8) is 0 Å². The quantitative estimate of drug-likeness (QED) is 0.481. The van der Waals surface area contributed by atoms with Gasteiger partial charge in [0.25, 0.3) is 11.6 Å². The van der Waals surface area contributed by atoms with Gasteiger partial charge in [-0.05, 0) is 62.6 Å². The molecular weight excluding hydrogens is 394 g/mol. The Morgan fingerprint density at radius 2 is 1.74 bits per heavy atom. The van der Waals surface area contributed by atoms with Gasteiger partial charge in [0, 0.05) is 41.5 Å². The first-order chi connectivity index (χ1) is 15.0. The summed E-state index contributed by atoms with van der Waals surface area (Å²) in [6.07, 6.45) is 3.65. The topological polar surface area (TPSA) is 101 Å². The first-order valence-electron chi connectivity index (χ1n) is 10.3. The van der Waals surface area contributed by atoms with E-state index in [-0.39, 0.29) is 11.6 Å². The monoisotopic (exact) mass is 417 g/mol. The molecule has 1 N–H and O–H groups in total. The molecule has 3 aromatic rings. The van der Waals surface area contributed by atoms with Crippen molar-refractivity contribution in [1.82, 2.24) is 10.2 Å². The number of carbonyl (C=O) groups is 1. The summed E-state index contributed by atoms with van der Waals surface area (Å²) in [6, 6.07) is 15.6. The van der Waals surface area contributed by atoms with Crippen molar-refractivity contribution in [2.45, 2.75) is 26.2 Å². The molecule has 1 aromatic heterocycles. The number of hydrogen-bond donors (Lipinski definition) is 1. The molecule has 0 unspecified atom stereocenters. The van der Waals surface area contributed by atoms with Gasteiger partial charge in [0.1, 0.15) is 0 Å². The van der Waals surface area contributed by atoms with E-state index in [1.165, 1.54) is 37.5 Å². The number of benzene rings is 2. The molecule has 8 heteroatoms. The van der Waals surface area contributed by atoms with Crippen LogP contribution in [0.15, 0.2) is 54.6 Å². The van der Waals surface area contributed by atoms with Crippen molar-refractivity contribution in [2.24, 2.45) is 0 Å². The van der Waals surface area contributed by atoms with E-state index >= 15 is 0 Å². The second kappa shape index (κ2) is 8.91. The van der Waals surface area contributed by atoms with Crippen LogP contribution in [0.25, 0.3) is 11.3 Å². The fourth-order valence-corrected chi connectivity index (χ4v) is 3.70. The molecule has 31 heavy (non-hydrogen) atoms. The van der Waals surface area contributed by atoms with Crippen molar-refractivity contribution in [1.29, 1.82) is 0 Å². The van der Waals surface area contributed by atoms with E-state index in [4.69, 9.17) is 0 Å². The molecule has 0 aliphatic carbocycles. The van der Waals surface area contributed by atoms with E-state index in [1.54, 1.807) is 19.1 Å².